The van der Waals surface area contributed by atoms with Gasteiger partial charge in [-0.15, -0.1) is 0 Å². The van der Waals surface area contributed by atoms with Crippen LogP contribution in [-0.2, 0) is 14.2 Å². The number of rotatable bonds is 35. The van der Waals surface area contributed by atoms with Gasteiger partial charge in [0.25, 0.3) is 0 Å². The highest BCUT2D eigenvalue weighted by Gasteiger charge is 2.31. The Morgan fingerprint density at radius 2 is 0.947 bits per heavy atom. The molecule has 352 valence electrons. The molecular formula is C48H105Br2NO6. The van der Waals surface area contributed by atoms with Gasteiger partial charge in [0.1, 0.15) is 12.2 Å². The van der Waals surface area contributed by atoms with Gasteiger partial charge < -0.3 is 51.0 Å². The predicted molar refractivity (Wildman–Crippen MR) is 250 cm³/mol. The van der Waals surface area contributed by atoms with E-state index in [1.54, 1.807) is 0 Å². The monoisotopic (exact) mass is 950 g/mol. The van der Waals surface area contributed by atoms with Crippen molar-refractivity contribution in [1.82, 2.24) is 0 Å². The van der Waals surface area contributed by atoms with Crippen molar-refractivity contribution in [2.24, 2.45) is 0 Å². The van der Waals surface area contributed by atoms with E-state index in [0.29, 0.717) is 13.2 Å². The Bertz CT molecular complexity index is 658. The minimum Gasteiger partial charge on any atom is -1.00 e. The molecule has 0 radical (unpaired) electrons. The van der Waals surface area contributed by atoms with Gasteiger partial charge in [0.05, 0.1) is 52.6 Å². The van der Waals surface area contributed by atoms with Crippen molar-refractivity contribution >= 4 is 15.9 Å². The second-order valence-corrected chi connectivity index (χ2v) is 17.3. The molecule has 1 aliphatic rings. The number of quaternary nitrogens is 1. The molecule has 3 N–H and O–H groups in total. The van der Waals surface area contributed by atoms with E-state index in [-0.39, 0.29) is 50.3 Å². The molecule has 0 saturated carbocycles. The van der Waals surface area contributed by atoms with Crippen LogP contribution in [0.5, 0.6) is 0 Å². The summed E-state index contributed by atoms with van der Waals surface area (Å²) in [6, 6.07) is 0. The standard InChI is InChI=1S/C16H36N.C14H30O3.C11H23Br.C6H12O3.CH4.BrH/c1-5-9-13-17(14-10-6-2,15-11-7-3)16-12-8-4;1-2-3-4-5-6-7-8-9-10-11-17-13-14(16)12-15;1-2-3-4-5-6-7-8-9-10-11-12;1-6(2)8-4-5(3-7)9-6;;/h5-16H2,1-4H3;14-16H,2-13H2,1H3;2-11H2,1H3;5,7H,3-4H2,1-2H3;1H4;1H/q+1;;;;;/p-1. The average molecular weight is 952 g/mol. The maximum absolute atomic E-state index is 9.03. The topological polar surface area (TPSA) is 88.4 Å². The average Bonchev–Trinajstić information content (AvgIpc) is 3.56. The summed E-state index contributed by atoms with van der Waals surface area (Å²) in [6.45, 7) is 24.5. The number of aliphatic hydroxyl groups is 3. The normalized spacial score (nSPS) is 14.8. The number of ether oxygens (including phenoxy) is 3. The van der Waals surface area contributed by atoms with Gasteiger partial charge in [0.15, 0.2) is 5.79 Å². The molecule has 0 aromatic carbocycles. The minimum atomic E-state index is -0.714. The molecule has 1 heterocycles. The fourth-order valence-electron chi connectivity index (χ4n) is 6.69. The third kappa shape index (κ3) is 50.9. The SMILES string of the molecule is C.CC1(C)OCC(CO)O1.CCCCCCCCCCCBr.CCCCCCCCCCCOCC(O)CO.CCCC[N+](CCCC)(CCCC)CCCC.[Br-]. The van der Waals surface area contributed by atoms with Gasteiger partial charge in [-0.2, -0.15) is 0 Å². The van der Waals surface area contributed by atoms with Crippen LogP contribution in [0.4, 0.5) is 0 Å². The highest BCUT2D eigenvalue weighted by atomic mass is 79.9. The lowest BCUT2D eigenvalue weighted by atomic mass is 10.1. The summed E-state index contributed by atoms with van der Waals surface area (Å²) in [6.07, 6.45) is 34.8. The van der Waals surface area contributed by atoms with Crippen LogP contribution in [0.15, 0.2) is 0 Å². The van der Waals surface area contributed by atoms with Crippen molar-refractivity contribution in [3.63, 3.8) is 0 Å². The zero-order valence-corrected chi connectivity index (χ0v) is 42.1. The van der Waals surface area contributed by atoms with Crippen LogP contribution in [0, 0.1) is 0 Å². The van der Waals surface area contributed by atoms with Crippen molar-refractivity contribution in [3.8, 4) is 0 Å². The van der Waals surface area contributed by atoms with Gasteiger partial charge in [-0.25, -0.2) is 0 Å². The van der Waals surface area contributed by atoms with Crippen molar-refractivity contribution in [2.45, 2.75) is 248 Å². The summed E-state index contributed by atoms with van der Waals surface area (Å²) in [5.41, 5.74) is 0. The maximum atomic E-state index is 9.03. The Morgan fingerprint density at radius 1 is 0.596 bits per heavy atom. The van der Waals surface area contributed by atoms with E-state index in [1.807, 2.05) is 13.8 Å². The van der Waals surface area contributed by atoms with Crippen LogP contribution in [0.25, 0.3) is 0 Å². The number of alkyl halides is 1. The van der Waals surface area contributed by atoms with E-state index >= 15 is 0 Å². The van der Waals surface area contributed by atoms with E-state index in [1.165, 1.54) is 197 Å². The maximum Gasteiger partial charge on any atom is 0.163 e. The van der Waals surface area contributed by atoms with Crippen molar-refractivity contribution < 1.29 is 51.0 Å². The number of nitrogens with zero attached hydrogens (tertiary/aromatic N) is 1. The van der Waals surface area contributed by atoms with Gasteiger partial charge in [-0.3, -0.25) is 0 Å². The lowest BCUT2D eigenvalue weighted by molar-refractivity contribution is -0.929. The Balaban J connectivity index is -0.000000214. The van der Waals surface area contributed by atoms with E-state index in [2.05, 4.69) is 57.5 Å². The molecule has 0 bridgehead atoms. The molecule has 1 rings (SSSR count). The molecule has 2 unspecified atom stereocenters. The highest BCUT2D eigenvalue weighted by molar-refractivity contribution is 9.09. The largest absolute Gasteiger partial charge is 1.00 e. The zero-order chi connectivity index (χ0) is 41.7. The molecule has 1 aliphatic heterocycles. The first-order valence-electron chi connectivity index (χ1n) is 23.8. The summed E-state index contributed by atoms with van der Waals surface area (Å²) in [5.74, 6) is -0.493. The van der Waals surface area contributed by atoms with E-state index in [9.17, 15) is 0 Å². The Hall–Kier alpha value is 0.680. The van der Waals surface area contributed by atoms with Crippen LogP contribution < -0.4 is 17.0 Å². The second kappa shape index (κ2) is 52.8. The summed E-state index contributed by atoms with van der Waals surface area (Å²) in [7, 11) is 0. The molecule has 1 saturated heterocycles. The second-order valence-electron chi connectivity index (χ2n) is 16.5. The molecular weight excluding hydrogens is 846 g/mol. The first-order valence-corrected chi connectivity index (χ1v) is 24.9. The predicted octanol–water partition coefficient (Wildman–Crippen LogP) is 10.6. The van der Waals surface area contributed by atoms with Crippen LogP contribution in [0.1, 0.15) is 230 Å². The molecule has 57 heavy (non-hydrogen) atoms. The van der Waals surface area contributed by atoms with Crippen molar-refractivity contribution in [2.75, 3.05) is 64.5 Å². The summed E-state index contributed by atoms with van der Waals surface area (Å²) in [4.78, 5) is 0. The van der Waals surface area contributed by atoms with Gasteiger partial charge in [0, 0.05) is 11.9 Å². The molecule has 7 nitrogen and oxygen atoms in total. The third-order valence-electron chi connectivity index (χ3n) is 10.4. The van der Waals surface area contributed by atoms with Gasteiger partial charge in [0.2, 0.25) is 0 Å². The smallest absolute Gasteiger partial charge is 0.163 e. The van der Waals surface area contributed by atoms with E-state index in [0.717, 1.165) is 6.42 Å². The molecule has 0 spiro atoms. The van der Waals surface area contributed by atoms with Crippen LogP contribution in [-0.4, -0.2) is 102 Å². The molecule has 0 aromatic heterocycles. The lowest BCUT2D eigenvalue weighted by Gasteiger charge is -2.39. The van der Waals surface area contributed by atoms with E-state index < -0.39 is 11.9 Å². The molecule has 2 atom stereocenters. The van der Waals surface area contributed by atoms with Crippen LogP contribution in [0.3, 0.4) is 0 Å². The minimum absolute atomic E-state index is 0. The van der Waals surface area contributed by atoms with E-state index in [4.69, 9.17) is 29.5 Å². The Labute approximate surface area is 377 Å². The number of hydrogen-bond acceptors (Lipinski definition) is 6. The quantitative estimate of drug-likeness (QED) is 0.0333. The van der Waals surface area contributed by atoms with Crippen LogP contribution >= 0.6 is 15.9 Å². The molecule has 9 heteroatoms. The fraction of sp³-hybridized carbons (Fsp3) is 1.00. The first-order chi connectivity index (χ1) is 26.6. The lowest BCUT2D eigenvalue weighted by Crippen LogP contribution is -3.00. The number of aliphatic hydroxyl groups excluding tert-OH is 3. The molecule has 0 amide bonds. The molecule has 0 aliphatic carbocycles. The number of hydrogen-bond donors (Lipinski definition) is 3. The fourth-order valence-corrected chi connectivity index (χ4v) is 7.09. The third-order valence-corrected chi connectivity index (χ3v) is 10.9. The van der Waals surface area contributed by atoms with Crippen molar-refractivity contribution in [3.05, 3.63) is 0 Å². The number of unbranched alkanes of at least 4 members (excludes halogenated alkanes) is 20. The molecule has 1 fully saturated rings. The first kappa shape index (κ1) is 66.8. The Morgan fingerprint density at radius 3 is 1.23 bits per heavy atom. The Kier molecular flexibility index (Phi) is 61.9. The zero-order valence-electron chi connectivity index (χ0n) is 38.9. The summed E-state index contributed by atoms with van der Waals surface area (Å²) >= 11 is 3.45. The van der Waals surface area contributed by atoms with Gasteiger partial charge in [-0.1, -0.05) is 193 Å². The molecule has 0 aromatic rings. The van der Waals surface area contributed by atoms with Gasteiger partial charge in [-0.05, 0) is 52.4 Å². The highest BCUT2D eigenvalue weighted by Crippen LogP contribution is 2.21. The van der Waals surface area contributed by atoms with Gasteiger partial charge >= 0.3 is 0 Å². The summed E-state index contributed by atoms with van der Waals surface area (Å²) < 4.78 is 17.0. The number of halogens is 2. The van der Waals surface area contributed by atoms with Crippen LogP contribution in [0.2, 0.25) is 0 Å². The summed E-state index contributed by atoms with van der Waals surface area (Å²) in [5, 5.41) is 27.4. The van der Waals surface area contributed by atoms with Crippen molar-refractivity contribution in [1.29, 1.82) is 0 Å².